The Morgan fingerprint density at radius 1 is 0.944 bits per heavy atom. The minimum absolute atomic E-state index is 0.431. The molecule has 1 aliphatic heterocycles. The molecular formula is C16H32N2. The summed E-state index contributed by atoms with van der Waals surface area (Å²) in [5.74, 6) is 0.918. The van der Waals surface area contributed by atoms with Gasteiger partial charge in [0.1, 0.15) is 0 Å². The lowest BCUT2D eigenvalue weighted by atomic mass is 9.76. The summed E-state index contributed by atoms with van der Waals surface area (Å²) in [7, 11) is 0. The molecule has 0 amide bonds. The largest absolute Gasteiger partial charge is 0.327 e. The van der Waals surface area contributed by atoms with Crippen molar-refractivity contribution in [1.82, 2.24) is 4.90 Å². The summed E-state index contributed by atoms with van der Waals surface area (Å²) in [6.45, 7) is 9.67. The van der Waals surface area contributed by atoms with Crippen LogP contribution in [0.3, 0.4) is 0 Å². The summed E-state index contributed by atoms with van der Waals surface area (Å²) < 4.78 is 0. The van der Waals surface area contributed by atoms with Crippen LogP contribution in [0.1, 0.15) is 65.7 Å². The van der Waals surface area contributed by atoms with Gasteiger partial charge >= 0.3 is 0 Å². The normalized spacial score (nSPS) is 36.3. The summed E-state index contributed by atoms with van der Waals surface area (Å²) in [6.07, 6.45) is 9.60. The molecule has 3 unspecified atom stereocenters. The Kier molecular flexibility index (Phi) is 4.71. The van der Waals surface area contributed by atoms with Gasteiger partial charge in [0, 0.05) is 18.6 Å². The Morgan fingerprint density at radius 2 is 1.72 bits per heavy atom. The second kappa shape index (κ2) is 5.92. The van der Waals surface area contributed by atoms with Crippen molar-refractivity contribution in [3.63, 3.8) is 0 Å². The Hall–Kier alpha value is -0.0800. The van der Waals surface area contributed by atoms with Crippen molar-refractivity contribution in [2.24, 2.45) is 17.1 Å². The lowest BCUT2D eigenvalue weighted by Gasteiger charge is -2.37. The third-order valence-electron chi connectivity index (χ3n) is 5.17. The molecule has 0 aromatic rings. The van der Waals surface area contributed by atoms with Gasteiger partial charge < -0.3 is 5.73 Å². The Bertz CT molecular complexity index is 256. The second-order valence-electron chi connectivity index (χ2n) is 7.62. The molecule has 2 aliphatic rings. The van der Waals surface area contributed by atoms with Gasteiger partial charge in [0.2, 0.25) is 0 Å². The van der Waals surface area contributed by atoms with Crippen LogP contribution >= 0.6 is 0 Å². The van der Waals surface area contributed by atoms with Gasteiger partial charge in [-0.25, -0.2) is 0 Å². The second-order valence-corrected chi connectivity index (χ2v) is 7.62. The molecule has 0 radical (unpaired) electrons. The molecule has 1 saturated carbocycles. The predicted molar refractivity (Wildman–Crippen MR) is 78.6 cm³/mol. The molecule has 1 aliphatic carbocycles. The van der Waals surface area contributed by atoms with Crippen molar-refractivity contribution < 1.29 is 0 Å². The predicted octanol–water partition coefficient (Wildman–Crippen LogP) is 3.40. The zero-order chi connectivity index (χ0) is 13.2. The summed E-state index contributed by atoms with van der Waals surface area (Å²) in [5, 5.41) is 0. The molecule has 0 spiro atoms. The minimum atomic E-state index is 0.431. The number of likely N-dealkylation sites (tertiary alicyclic amines) is 1. The van der Waals surface area contributed by atoms with Gasteiger partial charge in [0.15, 0.2) is 0 Å². The topological polar surface area (TPSA) is 29.3 Å². The highest BCUT2D eigenvalue weighted by molar-refractivity contribution is 4.85. The van der Waals surface area contributed by atoms with Crippen LogP contribution in [0.15, 0.2) is 0 Å². The van der Waals surface area contributed by atoms with Crippen molar-refractivity contribution >= 4 is 0 Å². The molecule has 0 aromatic heterocycles. The molecule has 1 saturated heterocycles. The van der Waals surface area contributed by atoms with Gasteiger partial charge in [-0.3, -0.25) is 4.90 Å². The Labute approximate surface area is 113 Å². The van der Waals surface area contributed by atoms with Gasteiger partial charge in [-0.1, -0.05) is 27.2 Å². The van der Waals surface area contributed by atoms with E-state index in [1.54, 1.807) is 0 Å². The number of hydrogen-bond donors (Lipinski definition) is 1. The average molecular weight is 252 g/mol. The lowest BCUT2D eigenvalue weighted by molar-refractivity contribution is 0.132. The van der Waals surface area contributed by atoms with E-state index in [4.69, 9.17) is 5.73 Å². The zero-order valence-electron chi connectivity index (χ0n) is 12.6. The molecule has 2 N–H and O–H groups in total. The van der Waals surface area contributed by atoms with Crippen LogP contribution in [0, 0.1) is 11.3 Å². The number of rotatable bonds is 1. The van der Waals surface area contributed by atoms with Gasteiger partial charge in [-0.2, -0.15) is 0 Å². The summed E-state index contributed by atoms with van der Waals surface area (Å²) >= 11 is 0. The van der Waals surface area contributed by atoms with Crippen LogP contribution in [0.2, 0.25) is 0 Å². The summed E-state index contributed by atoms with van der Waals surface area (Å²) in [5.41, 5.74) is 6.62. The van der Waals surface area contributed by atoms with Crippen molar-refractivity contribution in [1.29, 1.82) is 0 Å². The summed E-state index contributed by atoms with van der Waals surface area (Å²) in [6, 6.07) is 1.25. The van der Waals surface area contributed by atoms with E-state index in [9.17, 15) is 0 Å². The number of piperidine rings is 1. The molecule has 106 valence electrons. The number of nitrogens with zero attached hydrogens (tertiary/aromatic N) is 1. The third kappa shape index (κ3) is 3.71. The third-order valence-corrected chi connectivity index (χ3v) is 5.17. The molecule has 18 heavy (non-hydrogen) atoms. The molecule has 2 rings (SSSR count). The van der Waals surface area contributed by atoms with Crippen LogP contribution in [-0.2, 0) is 0 Å². The zero-order valence-corrected chi connectivity index (χ0v) is 12.6. The van der Waals surface area contributed by atoms with Crippen molar-refractivity contribution in [3.05, 3.63) is 0 Å². The highest BCUT2D eigenvalue weighted by atomic mass is 15.2. The first-order valence-electron chi connectivity index (χ1n) is 7.96. The fraction of sp³-hybridized carbons (Fsp3) is 1.00. The summed E-state index contributed by atoms with van der Waals surface area (Å²) in [4.78, 5) is 2.69. The lowest BCUT2D eigenvalue weighted by Crippen LogP contribution is -2.47. The van der Waals surface area contributed by atoms with E-state index in [2.05, 4.69) is 25.7 Å². The van der Waals surface area contributed by atoms with Gasteiger partial charge in [0.25, 0.3) is 0 Å². The van der Waals surface area contributed by atoms with Crippen LogP contribution in [0.4, 0.5) is 0 Å². The smallest absolute Gasteiger partial charge is 0.0168 e. The van der Waals surface area contributed by atoms with Crippen molar-refractivity contribution in [3.8, 4) is 0 Å². The maximum atomic E-state index is 6.13. The van der Waals surface area contributed by atoms with Gasteiger partial charge in [0.05, 0.1) is 0 Å². The first kappa shape index (κ1) is 14.3. The van der Waals surface area contributed by atoms with E-state index in [-0.39, 0.29) is 0 Å². The molecule has 3 atom stereocenters. The number of nitrogens with two attached hydrogens (primary N) is 1. The highest BCUT2D eigenvalue weighted by Crippen LogP contribution is 2.38. The van der Waals surface area contributed by atoms with Crippen LogP contribution in [-0.4, -0.2) is 30.1 Å². The van der Waals surface area contributed by atoms with Gasteiger partial charge in [-0.05, 0) is 56.4 Å². The van der Waals surface area contributed by atoms with E-state index in [0.29, 0.717) is 11.5 Å². The van der Waals surface area contributed by atoms with E-state index in [1.807, 2.05) is 0 Å². The highest BCUT2D eigenvalue weighted by Gasteiger charge is 2.31. The van der Waals surface area contributed by atoms with Crippen LogP contribution < -0.4 is 5.73 Å². The van der Waals surface area contributed by atoms with Crippen LogP contribution in [0.5, 0.6) is 0 Å². The Balaban J connectivity index is 1.88. The van der Waals surface area contributed by atoms with E-state index >= 15 is 0 Å². The maximum Gasteiger partial charge on any atom is 0.0168 e. The van der Waals surface area contributed by atoms with E-state index in [1.165, 1.54) is 51.5 Å². The molecule has 2 nitrogen and oxygen atoms in total. The Morgan fingerprint density at radius 3 is 2.39 bits per heavy atom. The van der Waals surface area contributed by atoms with Crippen molar-refractivity contribution in [2.45, 2.75) is 77.8 Å². The monoisotopic (exact) mass is 252 g/mol. The fourth-order valence-corrected chi connectivity index (χ4v) is 3.89. The molecule has 2 fully saturated rings. The minimum Gasteiger partial charge on any atom is -0.327 e. The standard InChI is InChI=1S/C16H32N2/c1-16(2,3)13-6-4-8-15(10-9-13)18-11-5-7-14(17)12-18/h13-15H,4-12,17H2,1-3H3. The maximum absolute atomic E-state index is 6.13. The SMILES string of the molecule is CC(C)(C)C1CCCC(N2CCCC(N)C2)CC1. The van der Waals surface area contributed by atoms with Gasteiger partial charge in [-0.15, -0.1) is 0 Å². The van der Waals surface area contributed by atoms with Crippen LogP contribution in [0.25, 0.3) is 0 Å². The van der Waals surface area contributed by atoms with Crippen molar-refractivity contribution in [2.75, 3.05) is 13.1 Å². The average Bonchev–Trinajstić information content (AvgIpc) is 2.53. The van der Waals surface area contributed by atoms with E-state index < -0.39 is 0 Å². The molecule has 0 bridgehead atoms. The number of hydrogen-bond acceptors (Lipinski definition) is 2. The molecule has 2 heteroatoms. The first-order valence-corrected chi connectivity index (χ1v) is 7.96. The molecule has 1 heterocycles. The molecule has 0 aromatic carbocycles. The first-order chi connectivity index (χ1) is 8.47. The van der Waals surface area contributed by atoms with E-state index in [0.717, 1.165) is 18.5 Å². The quantitative estimate of drug-likeness (QED) is 0.725. The molecular weight excluding hydrogens is 220 g/mol. The fourth-order valence-electron chi connectivity index (χ4n) is 3.89.